The van der Waals surface area contributed by atoms with Crippen LogP contribution in [0.1, 0.15) is 42.5 Å². The van der Waals surface area contributed by atoms with Crippen LogP contribution in [0.2, 0.25) is 0 Å². The van der Waals surface area contributed by atoms with E-state index in [0.717, 1.165) is 17.8 Å². The SMILES string of the molecule is CC1NC(c2cc(C3=CC(C)(C4C=CC=CC4)NC(c4ccccc4)=C3)cc(-c3cc4ccccc4c4ccccc34)c2)=CC=C1c1ccccc1. The number of dihydropyridines is 2. The second kappa shape index (κ2) is 13.2. The van der Waals surface area contributed by atoms with Gasteiger partial charge in [0, 0.05) is 23.4 Å². The van der Waals surface area contributed by atoms with Gasteiger partial charge in [0.2, 0.25) is 0 Å². The van der Waals surface area contributed by atoms with E-state index in [0.29, 0.717) is 5.92 Å². The molecule has 2 heteroatoms. The monoisotopic (exact) mass is 670 g/mol. The summed E-state index contributed by atoms with van der Waals surface area (Å²) in [6, 6.07) is 48.8. The lowest BCUT2D eigenvalue weighted by molar-refractivity contribution is 0.380. The molecule has 52 heavy (non-hydrogen) atoms. The van der Waals surface area contributed by atoms with E-state index < -0.39 is 0 Å². The quantitative estimate of drug-likeness (QED) is 0.172. The highest BCUT2D eigenvalue weighted by molar-refractivity contribution is 6.14. The van der Waals surface area contributed by atoms with Crippen molar-refractivity contribution in [1.29, 1.82) is 0 Å². The zero-order chi connectivity index (χ0) is 35.1. The summed E-state index contributed by atoms with van der Waals surface area (Å²) in [5.74, 6) is 0.317. The van der Waals surface area contributed by atoms with E-state index >= 15 is 0 Å². The molecule has 252 valence electrons. The van der Waals surface area contributed by atoms with Crippen molar-refractivity contribution in [2.24, 2.45) is 5.92 Å². The zero-order valence-corrected chi connectivity index (χ0v) is 29.7. The molecule has 0 aromatic heterocycles. The number of rotatable bonds is 6. The number of benzene rings is 6. The average molecular weight is 671 g/mol. The fourth-order valence-electron chi connectivity index (χ4n) is 8.28. The summed E-state index contributed by atoms with van der Waals surface area (Å²) in [4.78, 5) is 0. The van der Waals surface area contributed by atoms with Crippen molar-refractivity contribution in [2.45, 2.75) is 31.8 Å². The van der Waals surface area contributed by atoms with Crippen molar-refractivity contribution in [3.8, 4) is 11.1 Å². The van der Waals surface area contributed by atoms with E-state index in [1.807, 2.05) is 0 Å². The molecule has 0 amide bonds. The molecule has 6 aromatic rings. The molecule has 1 aliphatic carbocycles. The Morgan fingerprint density at radius 3 is 2.02 bits per heavy atom. The Morgan fingerprint density at radius 2 is 1.27 bits per heavy atom. The summed E-state index contributed by atoms with van der Waals surface area (Å²) in [5, 5.41) is 12.9. The Morgan fingerprint density at radius 1 is 0.596 bits per heavy atom. The lowest BCUT2D eigenvalue weighted by Crippen LogP contribution is -2.47. The molecule has 2 nitrogen and oxygen atoms in total. The van der Waals surface area contributed by atoms with Gasteiger partial charge in [0.1, 0.15) is 0 Å². The predicted octanol–water partition coefficient (Wildman–Crippen LogP) is 12.0. The molecule has 0 bridgehead atoms. The second-order valence-corrected chi connectivity index (χ2v) is 14.5. The number of allylic oxidation sites excluding steroid dienone is 7. The predicted molar refractivity (Wildman–Crippen MR) is 222 cm³/mol. The lowest BCUT2D eigenvalue weighted by Gasteiger charge is -2.40. The largest absolute Gasteiger partial charge is 0.378 e. The average Bonchev–Trinajstić information content (AvgIpc) is 3.21. The first-order valence-corrected chi connectivity index (χ1v) is 18.4. The van der Waals surface area contributed by atoms with Crippen LogP contribution < -0.4 is 10.6 Å². The van der Waals surface area contributed by atoms with Crippen LogP contribution in [-0.4, -0.2) is 11.6 Å². The minimum absolute atomic E-state index is 0.160. The highest BCUT2D eigenvalue weighted by Crippen LogP contribution is 2.41. The van der Waals surface area contributed by atoms with Crippen LogP contribution in [0.4, 0.5) is 0 Å². The van der Waals surface area contributed by atoms with Crippen LogP contribution in [0.3, 0.4) is 0 Å². The zero-order valence-electron chi connectivity index (χ0n) is 29.7. The number of hydrogen-bond donors (Lipinski definition) is 2. The first-order chi connectivity index (χ1) is 25.5. The molecule has 2 aliphatic heterocycles. The number of fused-ring (bicyclic) bond motifs is 3. The summed E-state index contributed by atoms with van der Waals surface area (Å²) in [6.07, 6.45) is 19.3. The highest BCUT2D eigenvalue weighted by atomic mass is 15.0. The van der Waals surface area contributed by atoms with Crippen molar-refractivity contribution < 1.29 is 0 Å². The summed E-state index contributed by atoms with van der Waals surface area (Å²) in [7, 11) is 0. The van der Waals surface area contributed by atoms with E-state index in [9.17, 15) is 0 Å². The van der Waals surface area contributed by atoms with Gasteiger partial charge in [-0.2, -0.15) is 0 Å². The second-order valence-electron chi connectivity index (χ2n) is 14.5. The van der Waals surface area contributed by atoms with Crippen molar-refractivity contribution >= 4 is 44.1 Å². The normalized spacial score (nSPS) is 21.1. The molecule has 3 aliphatic rings. The van der Waals surface area contributed by atoms with Crippen LogP contribution >= 0.6 is 0 Å². The van der Waals surface area contributed by atoms with Crippen molar-refractivity contribution in [2.75, 3.05) is 0 Å². The minimum atomic E-state index is -0.285. The summed E-state index contributed by atoms with van der Waals surface area (Å²) in [5.41, 5.74) is 11.8. The van der Waals surface area contributed by atoms with Crippen LogP contribution in [0, 0.1) is 5.92 Å². The third kappa shape index (κ3) is 5.91. The lowest BCUT2D eigenvalue weighted by atomic mass is 9.76. The molecule has 3 unspecified atom stereocenters. The van der Waals surface area contributed by atoms with Gasteiger partial charge < -0.3 is 10.6 Å². The number of hydrogen-bond acceptors (Lipinski definition) is 2. The Balaban J connectivity index is 1.26. The molecule has 9 rings (SSSR count). The Bertz CT molecular complexity index is 2510. The Hall–Kier alpha value is -6.12. The third-order valence-corrected chi connectivity index (χ3v) is 11.0. The standard InChI is InChI=1S/C50H42N2/c1-34-43(35-16-6-3-7-17-35)26-27-48(51-34)40-29-38(28-39(30-40)47-31-37-20-12-13-23-44(37)45-24-14-15-25-46(45)47)41-32-49(36-18-8-4-9-19-36)52-50(2,33-41)42-21-10-5-11-22-42/h3-21,23-34,42,51-52H,22H2,1-2H3. The minimum Gasteiger partial charge on any atom is -0.378 e. The maximum Gasteiger partial charge on any atom is 0.0602 e. The van der Waals surface area contributed by atoms with Crippen LogP contribution in [0.15, 0.2) is 182 Å². The molecule has 0 fully saturated rings. The van der Waals surface area contributed by atoms with Crippen LogP contribution in [0.25, 0.3) is 55.2 Å². The van der Waals surface area contributed by atoms with Crippen molar-refractivity contribution in [3.05, 3.63) is 204 Å². The van der Waals surface area contributed by atoms with Gasteiger partial charge in [0.15, 0.2) is 0 Å². The van der Waals surface area contributed by atoms with E-state index in [1.165, 1.54) is 66.1 Å². The molecule has 0 radical (unpaired) electrons. The first kappa shape index (κ1) is 31.8. The fourth-order valence-corrected chi connectivity index (χ4v) is 8.28. The van der Waals surface area contributed by atoms with E-state index in [1.54, 1.807) is 0 Å². The van der Waals surface area contributed by atoms with Gasteiger partial charge in [0.05, 0.1) is 5.54 Å². The topological polar surface area (TPSA) is 24.1 Å². The molecular formula is C50H42N2. The molecule has 6 aromatic carbocycles. The maximum atomic E-state index is 3.98. The molecule has 0 saturated carbocycles. The Labute approximate surface area is 306 Å². The molecule has 3 atom stereocenters. The number of nitrogens with one attached hydrogen (secondary N) is 2. The van der Waals surface area contributed by atoms with E-state index in [4.69, 9.17) is 0 Å². The molecule has 0 spiro atoms. The molecule has 2 heterocycles. The van der Waals surface area contributed by atoms with Gasteiger partial charge in [-0.15, -0.1) is 0 Å². The summed E-state index contributed by atoms with van der Waals surface area (Å²) in [6.45, 7) is 4.61. The Kier molecular flexibility index (Phi) is 8.09. The maximum absolute atomic E-state index is 3.98. The smallest absolute Gasteiger partial charge is 0.0602 e. The molecule has 2 N–H and O–H groups in total. The van der Waals surface area contributed by atoms with Gasteiger partial charge in [-0.05, 0) is 123 Å². The highest BCUT2D eigenvalue weighted by Gasteiger charge is 2.34. The van der Waals surface area contributed by atoms with Crippen molar-refractivity contribution in [1.82, 2.24) is 10.6 Å². The molecule has 0 saturated heterocycles. The van der Waals surface area contributed by atoms with Gasteiger partial charge in [-0.1, -0.05) is 146 Å². The van der Waals surface area contributed by atoms with Gasteiger partial charge in [-0.25, -0.2) is 0 Å². The van der Waals surface area contributed by atoms with E-state index in [2.05, 4.69) is 207 Å². The van der Waals surface area contributed by atoms with E-state index in [-0.39, 0.29) is 11.6 Å². The van der Waals surface area contributed by atoms with Crippen molar-refractivity contribution in [3.63, 3.8) is 0 Å². The fraction of sp³-hybridized carbons (Fsp3) is 0.120. The summed E-state index contributed by atoms with van der Waals surface area (Å²) >= 11 is 0. The molecular weight excluding hydrogens is 629 g/mol. The van der Waals surface area contributed by atoms with Gasteiger partial charge >= 0.3 is 0 Å². The first-order valence-electron chi connectivity index (χ1n) is 18.4. The summed E-state index contributed by atoms with van der Waals surface area (Å²) < 4.78 is 0. The van der Waals surface area contributed by atoms with Crippen LogP contribution in [0.5, 0.6) is 0 Å². The van der Waals surface area contributed by atoms with Gasteiger partial charge in [-0.3, -0.25) is 0 Å². The third-order valence-electron chi connectivity index (χ3n) is 11.0. The van der Waals surface area contributed by atoms with Gasteiger partial charge in [0.25, 0.3) is 0 Å². The van der Waals surface area contributed by atoms with Crippen LogP contribution in [-0.2, 0) is 0 Å².